The van der Waals surface area contributed by atoms with Crippen LogP contribution in [-0.2, 0) is 15.7 Å². The monoisotopic (exact) mass is 503 g/mol. The van der Waals surface area contributed by atoms with Crippen molar-refractivity contribution >= 4 is 28.5 Å². The first-order valence-electron chi connectivity index (χ1n) is 11.1. The first-order valence-corrected chi connectivity index (χ1v) is 11.1. The van der Waals surface area contributed by atoms with E-state index in [1.807, 2.05) is 0 Å². The van der Waals surface area contributed by atoms with E-state index in [1.54, 1.807) is 32.9 Å². The normalized spacial score (nSPS) is 15.3. The highest BCUT2D eigenvalue weighted by molar-refractivity contribution is 6.05. The zero-order valence-corrected chi connectivity index (χ0v) is 19.7. The third kappa shape index (κ3) is 4.73. The number of nitrogens with zero attached hydrogens (tertiary/aromatic N) is 1. The highest BCUT2D eigenvalue weighted by atomic mass is 19.4. The fraction of sp³-hybridized carbons (Fsp3) is 0.320. The number of ether oxygens (including phenoxy) is 1. The van der Waals surface area contributed by atoms with Crippen LogP contribution in [0.15, 0.2) is 47.3 Å². The molecule has 0 spiro atoms. The summed E-state index contributed by atoms with van der Waals surface area (Å²) < 4.78 is 45.6. The van der Waals surface area contributed by atoms with Gasteiger partial charge in [-0.15, -0.1) is 0 Å². The van der Waals surface area contributed by atoms with Gasteiger partial charge in [0.2, 0.25) is 0 Å². The van der Waals surface area contributed by atoms with E-state index in [9.17, 15) is 32.7 Å². The van der Waals surface area contributed by atoms with Gasteiger partial charge in [-0.2, -0.15) is 13.2 Å². The molecule has 1 amide bonds. The Labute approximate surface area is 203 Å². The van der Waals surface area contributed by atoms with Crippen LogP contribution in [0.1, 0.15) is 48.3 Å². The van der Waals surface area contributed by atoms with Crippen LogP contribution in [-0.4, -0.2) is 40.2 Å². The van der Waals surface area contributed by atoms with Crippen molar-refractivity contribution < 1.29 is 32.6 Å². The van der Waals surface area contributed by atoms with Gasteiger partial charge < -0.3 is 20.5 Å². The molecule has 1 aromatic heterocycles. The van der Waals surface area contributed by atoms with Crippen LogP contribution in [0, 0.1) is 0 Å². The number of aromatic hydroxyl groups is 1. The summed E-state index contributed by atoms with van der Waals surface area (Å²) in [5.41, 5.74) is -1.82. The minimum absolute atomic E-state index is 0.154. The molecule has 0 aliphatic carbocycles. The van der Waals surface area contributed by atoms with Gasteiger partial charge in [-0.25, -0.2) is 0 Å². The van der Waals surface area contributed by atoms with Gasteiger partial charge in [-0.05, 0) is 50.6 Å². The van der Waals surface area contributed by atoms with Crippen LogP contribution < -0.4 is 16.2 Å². The molecule has 2 aromatic carbocycles. The third-order valence-corrected chi connectivity index (χ3v) is 5.66. The molecule has 4 rings (SSSR count). The molecule has 0 bridgehead atoms. The summed E-state index contributed by atoms with van der Waals surface area (Å²) in [5, 5.41) is 16.5. The summed E-state index contributed by atoms with van der Waals surface area (Å²) in [6.45, 7) is 4.60. The molecule has 3 aromatic rings. The second-order valence-corrected chi connectivity index (χ2v) is 9.39. The van der Waals surface area contributed by atoms with Gasteiger partial charge in [0.15, 0.2) is 0 Å². The average Bonchev–Trinajstić information content (AvgIpc) is 2.79. The molecule has 11 heteroatoms. The topological polar surface area (TPSA) is 110 Å². The summed E-state index contributed by atoms with van der Waals surface area (Å²) in [4.78, 5) is 38.5. The SMILES string of the molecule is CC(C)(C)OC(=O)CNC(=O)c1c(O)c2cccc3c2n(c1=O)C(c1ccc(C(F)(F)F)cc1)CN3. The standard InChI is InChI=1S/C25H24F3N3O5/c1-24(2,3)36-18(32)12-30-22(34)19-21(33)15-5-4-6-16-20(15)31(23(19)35)17(11-29-16)13-7-9-14(10-8-13)25(26,27)28/h4-10,17,29,33H,11-12H2,1-3H3,(H,30,34). The lowest BCUT2D eigenvalue weighted by Gasteiger charge is -2.30. The molecule has 8 nitrogen and oxygen atoms in total. The van der Waals surface area contributed by atoms with Crippen molar-refractivity contribution in [3.05, 3.63) is 69.5 Å². The van der Waals surface area contributed by atoms with Crippen molar-refractivity contribution in [2.24, 2.45) is 0 Å². The number of carbonyl (C=O) groups excluding carboxylic acids is 2. The number of benzene rings is 2. The molecule has 190 valence electrons. The zero-order chi connectivity index (χ0) is 26.4. The Morgan fingerprint density at radius 1 is 1.14 bits per heavy atom. The number of alkyl halides is 3. The number of hydrogen-bond donors (Lipinski definition) is 3. The number of anilines is 1. The summed E-state index contributed by atoms with van der Waals surface area (Å²) in [6.07, 6.45) is -4.52. The van der Waals surface area contributed by atoms with Gasteiger partial charge >= 0.3 is 12.1 Å². The van der Waals surface area contributed by atoms with E-state index < -0.39 is 58.7 Å². The Morgan fingerprint density at radius 3 is 2.42 bits per heavy atom. The van der Waals surface area contributed by atoms with Crippen molar-refractivity contribution in [2.45, 2.75) is 38.6 Å². The number of pyridine rings is 1. The number of esters is 1. The van der Waals surface area contributed by atoms with E-state index in [0.717, 1.165) is 12.1 Å². The fourth-order valence-corrected chi connectivity index (χ4v) is 4.17. The Morgan fingerprint density at radius 2 is 1.81 bits per heavy atom. The summed E-state index contributed by atoms with van der Waals surface area (Å²) in [5.74, 6) is -2.28. The maximum atomic E-state index is 13.6. The van der Waals surface area contributed by atoms with E-state index in [2.05, 4.69) is 10.6 Å². The lowest BCUT2D eigenvalue weighted by molar-refractivity contribution is -0.153. The van der Waals surface area contributed by atoms with E-state index in [-0.39, 0.29) is 11.9 Å². The molecular formula is C25H24F3N3O5. The minimum atomic E-state index is -4.52. The first kappa shape index (κ1) is 25.1. The molecule has 0 saturated carbocycles. The van der Waals surface area contributed by atoms with Crippen molar-refractivity contribution in [3.8, 4) is 5.75 Å². The van der Waals surface area contributed by atoms with Crippen LogP contribution in [0.4, 0.5) is 18.9 Å². The van der Waals surface area contributed by atoms with Crippen LogP contribution in [0.5, 0.6) is 5.75 Å². The number of aromatic nitrogens is 1. The van der Waals surface area contributed by atoms with Crippen LogP contribution in [0.25, 0.3) is 10.9 Å². The number of halogens is 3. The van der Waals surface area contributed by atoms with Crippen molar-refractivity contribution in [1.82, 2.24) is 9.88 Å². The fourth-order valence-electron chi connectivity index (χ4n) is 4.17. The molecular weight excluding hydrogens is 479 g/mol. The van der Waals surface area contributed by atoms with Gasteiger partial charge in [0.25, 0.3) is 11.5 Å². The second-order valence-electron chi connectivity index (χ2n) is 9.39. The van der Waals surface area contributed by atoms with E-state index in [4.69, 9.17) is 4.74 Å². The largest absolute Gasteiger partial charge is 0.506 e. The number of nitrogens with one attached hydrogen (secondary N) is 2. The predicted octanol–water partition coefficient (Wildman–Crippen LogP) is 3.81. The molecule has 3 N–H and O–H groups in total. The van der Waals surface area contributed by atoms with Gasteiger partial charge in [-0.3, -0.25) is 19.0 Å². The molecule has 0 fully saturated rings. The van der Waals surface area contributed by atoms with E-state index >= 15 is 0 Å². The van der Waals surface area contributed by atoms with Gasteiger partial charge in [0.1, 0.15) is 23.5 Å². The quantitative estimate of drug-likeness (QED) is 0.467. The Kier molecular flexibility index (Phi) is 6.19. The Bertz CT molecular complexity index is 1410. The van der Waals surface area contributed by atoms with Crippen LogP contribution in [0.3, 0.4) is 0 Å². The summed E-state index contributed by atoms with van der Waals surface area (Å²) >= 11 is 0. The number of amides is 1. The third-order valence-electron chi connectivity index (χ3n) is 5.66. The molecule has 36 heavy (non-hydrogen) atoms. The smallest absolute Gasteiger partial charge is 0.416 e. The zero-order valence-electron chi connectivity index (χ0n) is 19.7. The highest BCUT2D eigenvalue weighted by Crippen LogP contribution is 2.38. The number of hydrogen-bond acceptors (Lipinski definition) is 6. The maximum absolute atomic E-state index is 13.6. The minimum Gasteiger partial charge on any atom is -0.506 e. The summed E-state index contributed by atoms with van der Waals surface area (Å²) in [6, 6.07) is 8.46. The molecule has 0 saturated heterocycles. The number of rotatable bonds is 4. The molecule has 1 aliphatic heterocycles. The molecule has 1 unspecified atom stereocenters. The lowest BCUT2D eigenvalue weighted by Crippen LogP contribution is -2.40. The molecule has 1 atom stereocenters. The van der Waals surface area contributed by atoms with Crippen molar-refractivity contribution in [2.75, 3.05) is 18.4 Å². The van der Waals surface area contributed by atoms with E-state index in [1.165, 1.54) is 22.8 Å². The number of carbonyl (C=O) groups is 2. The summed E-state index contributed by atoms with van der Waals surface area (Å²) in [7, 11) is 0. The van der Waals surface area contributed by atoms with Crippen molar-refractivity contribution in [1.29, 1.82) is 0 Å². The number of para-hydroxylation sites is 1. The Hall–Kier alpha value is -4.02. The van der Waals surface area contributed by atoms with Gasteiger partial charge in [0.05, 0.1) is 22.8 Å². The van der Waals surface area contributed by atoms with Crippen LogP contribution in [0.2, 0.25) is 0 Å². The maximum Gasteiger partial charge on any atom is 0.416 e. The lowest BCUT2D eigenvalue weighted by atomic mass is 9.99. The Balaban J connectivity index is 1.79. The van der Waals surface area contributed by atoms with E-state index in [0.29, 0.717) is 16.8 Å². The molecule has 2 heterocycles. The van der Waals surface area contributed by atoms with Gasteiger partial charge in [0, 0.05) is 11.9 Å². The molecule has 1 aliphatic rings. The molecule has 0 radical (unpaired) electrons. The van der Waals surface area contributed by atoms with Crippen LogP contribution >= 0.6 is 0 Å². The van der Waals surface area contributed by atoms with Gasteiger partial charge in [-0.1, -0.05) is 18.2 Å². The second kappa shape index (κ2) is 8.89. The first-order chi connectivity index (χ1) is 16.8. The van der Waals surface area contributed by atoms with Crippen molar-refractivity contribution in [3.63, 3.8) is 0 Å². The average molecular weight is 503 g/mol. The predicted molar refractivity (Wildman–Crippen MR) is 126 cm³/mol. The highest BCUT2D eigenvalue weighted by Gasteiger charge is 2.33.